The summed E-state index contributed by atoms with van der Waals surface area (Å²) in [5.41, 5.74) is 1.31. The zero-order valence-electron chi connectivity index (χ0n) is 15.2. The lowest BCUT2D eigenvalue weighted by Gasteiger charge is -2.19. The molecule has 27 heavy (non-hydrogen) atoms. The topological polar surface area (TPSA) is 51.7 Å². The number of rotatable bonds is 8. The van der Waals surface area contributed by atoms with Crippen molar-refractivity contribution in [2.75, 3.05) is 20.8 Å². The van der Waals surface area contributed by atoms with Crippen LogP contribution in [0.15, 0.2) is 53.7 Å². The van der Waals surface area contributed by atoms with E-state index < -0.39 is 0 Å². The van der Waals surface area contributed by atoms with E-state index in [9.17, 15) is 4.79 Å². The normalized spacial score (nSPS) is 10.4. The zero-order chi connectivity index (χ0) is 19.2. The largest absolute Gasteiger partial charge is 0.493 e. The maximum absolute atomic E-state index is 12.9. The SMILES string of the molecule is C=CCN(Cc1cccs1)C(=O)c1csc(-c2ccc(OC)c(OC)c2)n1. The quantitative estimate of drug-likeness (QED) is 0.514. The minimum absolute atomic E-state index is 0.105. The lowest BCUT2D eigenvalue weighted by molar-refractivity contribution is 0.0759. The van der Waals surface area contributed by atoms with Crippen molar-refractivity contribution < 1.29 is 14.3 Å². The van der Waals surface area contributed by atoms with Crippen LogP contribution < -0.4 is 9.47 Å². The number of hydrogen-bond donors (Lipinski definition) is 0. The van der Waals surface area contributed by atoms with Crippen LogP contribution in [0.2, 0.25) is 0 Å². The molecule has 7 heteroatoms. The smallest absolute Gasteiger partial charge is 0.273 e. The number of thiophene rings is 1. The first-order chi connectivity index (χ1) is 13.2. The summed E-state index contributed by atoms with van der Waals surface area (Å²) in [6.07, 6.45) is 1.73. The van der Waals surface area contributed by atoms with Gasteiger partial charge in [0.25, 0.3) is 5.91 Å². The maximum atomic E-state index is 12.9. The lowest BCUT2D eigenvalue weighted by atomic mass is 10.2. The average molecular weight is 401 g/mol. The number of hydrogen-bond acceptors (Lipinski definition) is 6. The van der Waals surface area contributed by atoms with Crippen LogP contribution in [0.4, 0.5) is 0 Å². The van der Waals surface area contributed by atoms with Crippen LogP contribution in [0, 0.1) is 0 Å². The summed E-state index contributed by atoms with van der Waals surface area (Å²) in [5.74, 6) is 1.18. The van der Waals surface area contributed by atoms with E-state index in [1.165, 1.54) is 11.3 Å². The van der Waals surface area contributed by atoms with Gasteiger partial charge in [-0.25, -0.2) is 4.98 Å². The molecule has 2 aromatic heterocycles. The highest BCUT2D eigenvalue weighted by atomic mass is 32.1. The van der Waals surface area contributed by atoms with Crippen LogP contribution in [0.1, 0.15) is 15.4 Å². The van der Waals surface area contributed by atoms with Gasteiger partial charge in [0.05, 0.1) is 20.8 Å². The zero-order valence-corrected chi connectivity index (χ0v) is 16.8. The second-order valence-electron chi connectivity index (χ2n) is 5.66. The first-order valence-electron chi connectivity index (χ1n) is 8.26. The molecule has 3 aromatic rings. The first kappa shape index (κ1) is 19.1. The van der Waals surface area contributed by atoms with Crippen LogP contribution in [-0.4, -0.2) is 36.6 Å². The molecule has 3 rings (SSSR count). The van der Waals surface area contributed by atoms with Crippen LogP contribution in [0.3, 0.4) is 0 Å². The van der Waals surface area contributed by atoms with Gasteiger partial charge < -0.3 is 14.4 Å². The minimum atomic E-state index is -0.105. The Morgan fingerprint density at radius 3 is 2.70 bits per heavy atom. The first-order valence-corrected chi connectivity index (χ1v) is 10.0. The Balaban J connectivity index is 1.83. The number of thiazole rings is 1. The second kappa shape index (κ2) is 8.83. The van der Waals surface area contributed by atoms with E-state index in [1.807, 2.05) is 35.7 Å². The molecule has 0 spiro atoms. The summed E-state index contributed by atoms with van der Waals surface area (Å²) in [7, 11) is 3.19. The Hall–Kier alpha value is -2.64. The molecule has 0 aliphatic heterocycles. The molecule has 1 amide bonds. The number of methoxy groups -OCH3 is 2. The van der Waals surface area contributed by atoms with Crippen LogP contribution in [0.5, 0.6) is 11.5 Å². The molecule has 0 radical (unpaired) electrons. The Labute approximate surface area is 166 Å². The molecule has 0 fully saturated rings. The van der Waals surface area contributed by atoms with Crippen molar-refractivity contribution in [3.63, 3.8) is 0 Å². The van der Waals surface area contributed by atoms with Gasteiger partial charge in [0.2, 0.25) is 0 Å². The van der Waals surface area contributed by atoms with Crippen molar-refractivity contribution in [2.24, 2.45) is 0 Å². The predicted octanol–water partition coefficient (Wildman–Crippen LogP) is 4.72. The molecule has 0 bridgehead atoms. The molecule has 0 saturated heterocycles. The summed E-state index contributed by atoms with van der Waals surface area (Å²) in [4.78, 5) is 20.3. The number of ether oxygens (including phenoxy) is 2. The van der Waals surface area contributed by atoms with Crippen molar-refractivity contribution in [2.45, 2.75) is 6.54 Å². The molecule has 5 nitrogen and oxygen atoms in total. The molecule has 0 saturated carbocycles. The van der Waals surface area contributed by atoms with Crippen molar-refractivity contribution in [3.8, 4) is 22.1 Å². The third-order valence-electron chi connectivity index (χ3n) is 3.92. The molecule has 140 valence electrons. The van der Waals surface area contributed by atoms with Gasteiger partial charge in [0.15, 0.2) is 11.5 Å². The van der Waals surface area contributed by atoms with Crippen molar-refractivity contribution in [1.29, 1.82) is 0 Å². The van der Waals surface area contributed by atoms with Gasteiger partial charge in [-0.05, 0) is 29.6 Å². The molecule has 0 atom stereocenters. The van der Waals surface area contributed by atoms with Crippen LogP contribution in [0.25, 0.3) is 10.6 Å². The monoisotopic (exact) mass is 400 g/mol. The van der Waals surface area contributed by atoms with Gasteiger partial charge in [-0.2, -0.15) is 0 Å². The average Bonchev–Trinajstić information content (AvgIpc) is 3.38. The third kappa shape index (κ3) is 4.37. The van der Waals surface area contributed by atoms with E-state index >= 15 is 0 Å². The van der Waals surface area contributed by atoms with Gasteiger partial charge >= 0.3 is 0 Å². The third-order valence-corrected chi connectivity index (χ3v) is 5.67. The van der Waals surface area contributed by atoms with Gasteiger partial charge in [0, 0.05) is 22.4 Å². The Kier molecular flexibility index (Phi) is 6.26. The summed E-state index contributed by atoms with van der Waals surface area (Å²) in [6, 6.07) is 9.59. The summed E-state index contributed by atoms with van der Waals surface area (Å²) in [5, 5.41) is 4.55. The molecule has 1 aromatic carbocycles. The molecular weight excluding hydrogens is 380 g/mol. The van der Waals surface area contributed by atoms with E-state index in [0.29, 0.717) is 30.3 Å². The molecule has 0 aliphatic carbocycles. The second-order valence-corrected chi connectivity index (χ2v) is 7.55. The van der Waals surface area contributed by atoms with Crippen molar-refractivity contribution in [1.82, 2.24) is 9.88 Å². The number of aromatic nitrogens is 1. The van der Waals surface area contributed by atoms with Crippen molar-refractivity contribution in [3.05, 3.63) is 64.3 Å². The summed E-state index contributed by atoms with van der Waals surface area (Å²) >= 11 is 3.06. The molecular formula is C20H20N2O3S2. The summed E-state index contributed by atoms with van der Waals surface area (Å²) < 4.78 is 10.6. The highest BCUT2D eigenvalue weighted by Crippen LogP contribution is 2.33. The Bertz CT molecular complexity index is 919. The number of carbonyl (C=O) groups excluding carboxylic acids is 1. The minimum Gasteiger partial charge on any atom is -0.493 e. The summed E-state index contributed by atoms with van der Waals surface area (Å²) in [6.45, 7) is 4.78. The van der Waals surface area contributed by atoms with Crippen molar-refractivity contribution >= 4 is 28.6 Å². The van der Waals surface area contributed by atoms with E-state index in [0.717, 1.165) is 15.4 Å². The van der Waals surface area contributed by atoms with E-state index in [2.05, 4.69) is 11.6 Å². The number of nitrogens with zero attached hydrogens (tertiary/aromatic N) is 2. The van der Waals surface area contributed by atoms with Gasteiger partial charge in [-0.1, -0.05) is 12.1 Å². The van der Waals surface area contributed by atoms with Gasteiger partial charge in [-0.15, -0.1) is 29.3 Å². The van der Waals surface area contributed by atoms with E-state index in [1.54, 1.807) is 41.9 Å². The van der Waals surface area contributed by atoms with Gasteiger partial charge in [0.1, 0.15) is 10.7 Å². The number of carbonyl (C=O) groups is 1. The fourth-order valence-electron chi connectivity index (χ4n) is 2.60. The number of amides is 1. The van der Waals surface area contributed by atoms with E-state index in [-0.39, 0.29) is 5.91 Å². The maximum Gasteiger partial charge on any atom is 0.273 e. The van der Waals surface area contributed by atoms with E-state index in [4.69, 9.17) is 9.47 Å². The molecule has 0 aliphatic rings. The Morgan fingerprint density at radius 2 is 2.04 bits per heavy atom. The highest BCUT2D eigenvalue weighted by Gasteiger charge is 2.19. The van der Waals surface area contributed by atoms with Crippen LogP contribution >= 0.6 is 22.7 Å². The predicted molar refractivity (Wildman–Crippen MR) is 110 cm³/mol. The lowest BCUT2D eigenvalue weighted by Crippen LogP contribution is -2.30. The van der Waals surface area contributed by atoms with Crippen LogP contribution in [-0.2, 0) is 6.54 Å². The fraction of sp³-hybridized carbons (Fsp3) is 0.200. The van der Waals surface area contributed by atoms with Gasteiger partial charge in [-0.3, -0.25) is 4.79 Å². The standard InChI is InChI=1S/C20H20N2O3S2/c1-4-9-22(12-15-6-5-10-26-15)20(23)16-13-27-19(21-16)14-7-8-17(24-2)18(11-14)25-3/h4-8,10-11,13H,1,9,12H2,2-3H3. The number of benzene rings is 1. The highest BCUT2D eigenvalue weighted by molar-refractivity contribution is 7.13. The Morgan fingerprint density at radius 1 is 1.22 bits per heavy atom. The molecule has 0 unspecified atom stereocenters. The fourth-order valence-corrected chi connectivity index (χ4v) is 4.11. The molecule has 0 N–H and O–H groups in total. The molecule has 2 heterocycles.